The van der Waals surface area contributed by atoms with E-state index < -0.39 is 10.0 Å². The molecule has 1 aliphatic rings. The number of para-hydroxylation sites is 1. The van der Waals surface area contributed by atoms with Crippen LogP contribution in [0, 0.1) is 12.8 Å². The van der Waals surface area contributed by atoms with Crippen LogP contribution < -0.4 is 4.90 Å². The summed E-state index contributed by atoms with van der Waals surface area (Å²) in [6.45, 7) is 8.04. The summed E-state index contributed by atoms with van der Waals surface area (Å²) < 4.78 is 29.7. The Bertz CT molecular complexity index is 1480. The highest BCUT2D eigenvalue weighted by molar-refractivity contribution is 7.89. The van der Waals surface area contributed by atoms with Gasteiger partial charge in [-0.1, -0.05) is 43.6 Å². The number of anilines is 1. The average molecular weight is 525 g/mol. The number of hydrogen-bond donors (Lipinski definition) is 0. The van der Waals surface area contributed by atoms with Gasteiger partial charge in [-0.15, -0.1) is 0 Å². The van der Waals surface area contributed by atoms with E-state index in [2.05, 4.69) is 18.7 Å². The molecule has 8 nitrogen and oxygen atoms in total. The third kappa shape index (κ3) is 4.70. The maximum Gasteiger partial charge on any atom is 0.243 e. The number of hydrogen-bond acceptors (Lipinski definition) is 6. The molecule has 0 radical (unpaired) electrons. The molecule has 4 aromatic rings. The maximum absolute atomic E-state index is 13.2. The number of piperazine rings is 1. The highest BCUT2D eigenvalue weighted by Gasteiger charge is 2.31. The summed E-state index contributed by atoms with van der Waals surface area (Å²) in [6.07, 6.45) is 0.743. The summed E-state index contributed by atoms with van der Waals surface area (Å²) in [4.78, 5) is 12.3. The first-order valence-electron chi connectivity index (χ1n) is 12.1. The first-order valence-corrected chi connectivity index (χ1v) is 13.9. The Labute approximate surface area is 216 Å². The van der Waals surface area contributed by atoms with Crippen LogP contribution in [0.2, 0.25) is 5.02 Å². The van der Waals surface area contributed by atoms with Crippen LogP contribution in [0.15, 0.2) is 59.5 Å². The third-order valence-corrected chi connectivity index (χ3v) is 8.48. The number of rotatable bonds is 6. The summed E-state index contributed by atoms with van der Waals surface area (Å²) >= 11 is 5.95. The fraction of sp³-hybridized carbons (Fsp3) is 0.346. The molecule has 2 aromatic heterocycles. The first-order chi connectivity index (χ1) is 17.2. The van der Waals surface area contributed by atoms with Gasteiger partial charge in [0.1, 0.15) is 11.6 Å². The number of fused-ring (bicyclic) bond motifs is 1. The Morgan fingerprint density at radius 2 is 1.61 bits per heavy atom. The van der Waals surface area contributed by atoms with Crippen molar-refractivity contribution in [1.29, 1.82) is 0 Å². The van der Waals surface area contributed by atoms with Gasteiger partial charge in [0.15, 0.2) is 5.65 Å². The zero-order valence-corrected chi connectivity index (χ0v) is 22.2. The minimum atomic E-state index is -3.59. The lowest BCUT2D eigenvalue weighted by molar-refractivity contribution is 0.384. The lowest BCUT2D eigenvalue weighted by Crippen LogP contribution is -2.49. The third-order valence-electron chi connectivity index (χ3n) is 6.31. The Hall–Kier alpha value is -3.01. The number of sulfonamides is 1. The quantitative estimate of drug-likeness (QED) is 0.369. The molecule has 3 heterocycles. The standard InChI is InChI=1S/C26H29ClN6O2S/c1-18(2)17-23-28-25(24-19(3)30-33(26(24)29-23)21-7-5-4-6-8-21)31-13-15-32(16-14-31)36(34,35)22-11-9-20(27)10-12-22/h4-12,18H,13-17H2,1-3H3. The molecule has 2 aromatic carbocycles. The van der Waals surface area contributed by atoms with E-state index >= 15 is 0 Å². The number of aromatic nitrogens is 4. The van der Waals surface area contributed by atoms with Crippen molar-refractivity contribution in [1.82, 2.24) is 24.1 Å². The van der Waals surface area contributed by atoms with Crippen LogP contribution in [0.1, 0.15) is 25.4 Å². The minimum Gasteiger partial charge on any atom is -0.353 e. The zero-order valence-electron chi connectivity index (χ0n) is 20.6. The fourth-order valence-electron chi connectivity index (χ4n) is 4.54. The van der Waals surface area contributed by atoms with Crippen molar-refractivity contribution in [3.63, 3.8) is 0 Å². The summed E-state index contributed by atoms with van der Waals surface area (Å²) in [5.74, 6) is 1.98. The monoisotopic (exact) mass is 524 g/mol. The van der Waals surface area contributed by atoms with Crippen LogP contribution in [0.4, 0.5) is 5.82 Å². The van der Waals surface area contributed by atoms with E-state index in [1.165, 1.54) is 4.31 Å². The van der Waals surface area contributed by atoms with Crippen LogP contribution in [0.5, 0.6) is 0 Å². The molecule has 0 amide bonds. The summed E-state index contributed by atoms with van der Waals surface area (Å²) in [5.41, 5.74) is 2.56. The van der Waals surface area contributed by atoms with Crippen molar-refractivity contribution in [2.24, 2.45) is 5.92 Å². The van der Waals surface area contributed by atoms with E-state index in [1.807, 2.05) is 41.9 Å². The van der Waals surface area contributed by atoms with Gasteiger partial charge in [0.05, 0.1) is 21.7 Å². The van der Waals surface area contributed by atoms with Gasteiger partial charge in [0.2, 0.25) is 10.0 Å². The fourth-order valence-corrected chi connectivity index (χ4v) is 6.08. The molecule has 0 N–H and O–H groups in total. The molecule has 0 spiro atoms. The van der Waals surface area contributed by atoms with Crippen LogP contribution in [0.25, 0.3) is 16.7 Å². The van der Waals surface area contributed by atoms with E-state index in [1.54, 1.807) is 24.3 Å². The zero-order chi connectivity index (χ0) is 25.4. The van der Waals surface area contributed by atoms with Gasteiger partial charge in [-0.3, -0.25) is 0 Å². The molecule has 0 unspecified atom stereocenters. The van der Waals surface area contributed by atoms with Crippen molar-refractivity contribution in [2.45, 2.75) is 32.1 Å². The molecule has 36 heavy (non-hydrogen) atoms. The van der Waals surface area contributed by atoms with E-state index in [-0.39, 0.29) is 4.90 Å². The Morgan fingerprint density at radius 1 is 0.944 bits per heavy atom. The van der Waals surface area contributed by atoms with Crippen molar-refractivity contribution in [3.8, 4) is 5.69 Å². The molecule has 188 valence electrons. The van der Waals surface area contributed by atoms with E-state index in [9.17, 15) is 8.42 Å². The second-order valence-corrected chi connectivity index (χ2v) is 11.8. The van der Waals surface area contributed by atoms with Gasteiger partial charge in [0.25, 0.3) is 0 Å². The van der Waals surface area contributed by atoms with Crippen LogP contribution in [-0.2, 0) is 16.4 Å². The number of nitrogens with zero attached hydrogens (tertiary/aromatic N) is 6. The predicted octanol–water partition coefficient (Wildman–Crippen LogP) is 4.49. The minimum absolute atomic E-state index is 0.254. The second kappa shape index (κ2) is 9.80. The molecule has 0 aliphatic carbocycles. The Morgan fingerprint density at radius 3 is 2.25 bits per heavy atom. The molecule has 0 saturated carbocycles. The molecule has 10 heteroatoms. The largest absolute Gasteiger partial charge is 0.353 e. The predicted molar refractivity (Wildman–Crippen MR) is 142 cm³/mol. The molecule has 1 aliphatic heterocycles. The molecular weight excluding hydrogens is 496 g/mol. The lowest BCUT2D eigenvalue weighted by Gasteiger charge is -2.35. The van der Waals surface area contributed by atoms with E-state index in [0.29, 0.717) is 37.1 Å². The summed E-state index contributed by atoms with van der Waals surface area (Å²) in [7, 11) is -3.59. The van der Waals surface area contributed by atoms with Gasteiger partial charge in [-0.25, -0.2) is 23.1 Å². The molecule has 0 atom stereocenters. The summed E-state index contributed by atoms with van der Waals surface area (Å²) in [5, 5.41) is 6.22. The highest BCUT2D eigenvalue weighted by Crippen LogP contribution is 2.31. The van der Waals surface area contributed by atoms with Crippen molar-refractivity contribution in [2.75, 3.05) is 31.1 Å². The topological polar surface area (TPSA) is 84.2 Å². The van der Waals surface area contributed by atoms with Crippen LogP contribution in [0.3, 0.4) is 0 Å². The molecule has 5 rings (SSSR count). The normalized spacial score (nSPS) is 15.2. The first kappa shape index (κ1) is 24.7. The van der Waals surface area contributed by atoms with E-state index in [0.717, 1.165) is 40.5 Å². The Balaban J connectivity index is 1.49. The lowest BCUT2D eigenvalue weighted by atomic mass is 10.1. The van der Waals surface area contributed by atoms with E-state index in [4.69, 9.17) is 26.7 Å². The Kier molecular flexibility index (Phi) is 6.72. The SMILES string of the molecule is Cc1nn(-c2ccccc2)c2nc(CC(C)C)nc(N3CCN(S(=O)(=O)c4ccc(Cl)cc4)CC3)c12. The summed E-state index contributed by atoms with van der Waals surface area (Å²) in [6, 6.07) is 16.3. The van der Waals surface area contributed by atoms with Crippen molar-refractivity contribution >= 4 is 38.5 Å². The highest BCUT2D eigenvalue weighted by atomic mass is 35.5. The van der Waals surface area contributed by atoms with Gasteiger partial charge < -0.3 is 4.90 Å². The van der Waals surface area contributed by atoms with Gasteiger partial charge >= 0.3 is 0 Å². The van der Waals surface area contributed by atoms with Crippen LogP contribution in [-0.4, -0.2) is 58.7 Å². The smallest absolute Gasteiger partial charge is 0.243 e. The average Bonchev–Trinajstić information content (AvgIpc) is 3.20. The van der Waals surface area contributed by atoms with Gasteiger partial charge in [-0.2, -0.15) is 9.40 Å². The molecule has 0 bridgehead atoms. The number of benzene rings is 2. The number of aryl methyl sites for hydroxylation is 1. The van der Waals surface area contributed by atoms with Crippen molar-refractivity contribution in [3.05, 3.63) is 71.1 Å². The second-order valence-electron chi connectivity index (χ2n) is 9.44. The number of halogens is 1. The van der Waals surface area contributed by atoms with Crippen LogP contribution >= 0.6 is 11.6 Å². The molecular formula is C26H29ClN6O2S. The molecule has 1 fully saturated rings. The van der Waals surface area contributed by atoms with Gasteiger partial charge in [0, 0.05) is 37.6 Å². The molecule has 1 saturated heterocycles. The maximum atomic E-state index is 13.2. The van der Waals surface area contributed by atoms with Crippen molar-refractivity contribution < 1.29 is 8.42 Å². The van der Waals surface area contributed by atoms with Gasteiger partial charge in [-0.05, 0) is 49.2 Å².